The van der Waals surface area contributed by atoms with Crippen molar-refractivity contribution in [2.24, 2.45) is 0 Å². The van der Waals surface area contributed by atoms with Gasteiger partial charge in [-0.3, -0.25) is 9.59 Å². The van der Waals surface area contributed by atoms with Crippen molar-refractivity contribution in [1.29, 1.82) is 0 Å². The number of carboxylic acid groups (broad SMARTS) is 1. The molecule has 0 saturated heterocycles. The molecule has 0 aliphatic heterocycles. The van der Waals surface area contributed by atoms with E-state index in [1.165, 1.54) is 4.90 Å². The summed E-state index contributed by atoms with van der Waals surface area (Å²) in [6.45, 7) is 2.01. The van der Waals surface area contributed by atoms with E-state index in [2.05, 4.69) is 0 Å². The predicted molar refractivity (Wildman–Crippen MR) is 86.0 cm³/mol. The highest BCUT2D eigenvalue weighted by molar-refractivity contribution is 5.97. The topological polar surface area (TPSA) is 57.6 Å². The third-order valence-corrected chi connectivity index (χ3v) is 3.54. The molecule has 0 radical (unpaired) electrons. The molecule has 0 saturated carbocycles. The first-order valence-corrected chi connectivity index (χ1v) is 7.02. The maximum Gasteiger partial charge on any atom is 0.307 e. The molecule has 114 valence electrons. The van der Waals surface area contributed by atoms with Gasteiger partial charge in [0, 0.05) is 19.7 Å². The highest BCUT2D eigenvalue weighted by Gasteiger charge is 2.16. The van der Waals surface area contributed by atoms with E-state index in [0.29, 0.717) is 11.1 Å². The number of aliphatic carboxylic acids is 1. The van der Waals surface area contributed by atoms with E-state index in [4.69, 9.17) is 5.11 Å². The normalized spacial score (nSPS) is 10.3. The molecule has 0 unspecified atom stereocenters. The monoisotopic (exact) mass is 297 g/mol. The van der Waals surface area contributed by atoms with Gasteiger partial charge < -0.3 is 10.0 Å². The van der Waals surface area contributed by atoms with Crippen LogP contribution in [-0.4, -0.2) is 36.0 Å². The van der Waals surface area contributed by atoms with Crippen molar-refractivity contribution < 1.29 is 14.7 Å². The number of benzene rings is 2. The summed E-state index contributed by atoms with van der Waals surface area (Å²) in [6.07, 6.45) is -0.172. The molecule has 2 aromatic rings. The minimum absolute atomic E-state index is 0.172. The van der Waals surface area contributed by atoms with Crippen LogP contribution in [0.4, 0.5) is 0 Å². The van der Waals surface area contributed by atoms with Gasteiger partial charge in [0.1, 0.15) is 0 Å². The van der Waals surface area contributed by atoms with Crippen molar-refractivity contribution >= 4 is 11.9 Å². The van der Waals surface area contributed by atoms with Crippen LogP contribution in [0.1, 0.15) is 21.5 Å². The molecule has 0 aliphatic rings. The van der Waals surface area contributed by atoms with Crippen LogP contribution in [-0.2, 0) is 11.2 Å². The number of rotatable bonds is 4. The van der Waals surface area contributed by atoms with Gasteiger partial charge >= 0.3 is 5.97 Å². The summed E-state index contributed by atoms with van der Waals surface area (Å²) in [5.74, 6) is -1.14. The van der Waals surface area contributed by atoms with Crippen LogP contribution >= 0.6 is 0 Å². The van der Waals surface area contributed by atoms with Crippen molar-refractivity contribution in [3.63, 3.8) is 0 Å². The summed E-state index contributed by atoms with van der Waals surface area (Å²) in [6, 6.07) is 13.3. The Hall–Kier alpha value is -2.62. The van der Waals surface area contributed by atoms with Gasteiger partial charge in [-0.25, -0.2) is 0 Å². The van der Waals surface area contributed by atoms with Crippen LogP contribution < -0.4 is 0 Å². The van der Waals surface area contributed by atoms with Gasteiger partial charge in [0.25, 0.3) is 5.91 Å². The summed E-state index contributed by atoms with van der Waals surface area (Å²) in [5, 5.41) is 9.10. The SMILES string of the molecule is Cc1ccccc1-c1ccc(C(=O)N(C)C)c(CC(=O)O)c1. The van der Waals surface area contributed by atoms with Gasteiger partial charge in [-0.15, -0.1) is 0 Å². The molecule has 0 spiro atoms. The third-order valence-electron chi connectivity index (χ3n) is 3.54. The fourth-order valence-electron chi connectivity index (χ4n) is 2.42. The third kappa shape index (κ3) is 3.34. The maximum atomic E-state index is 12.2. The van der Waals surface area contributed by atoms with Gasteiger partial charge in [0.2, 0.25) is 0 Å². The minimum atomic E-state index is -0.949. The number of aryl methyl sites for hydroxylation is 1. The molecule has 0 heterocycles. The number of nitrogens with zero attached hydrogens (tertiary/aromatic N) is 1. The van der Waals surface area contributed by atoms with Crippen molar-refractivity contribution in [2.45, 2.75) is 13.3 Å². The lowest BCUT2D eigenvalue weighted by molar-refractivity contribution is -0.136. The average molecular weight is 297 g/mol. The smallest absolute Gasteiger partial charge is 0.307 e. The first-order chi connectivity index (χ1) is 10.4. The Balaban J connectivity index is 2.55. The number of carbonyl (C=O) groups is 2. The lowest BCUT2D eigenvalue weighted by Crippen LogP contribution is -2.23. The Morgan fingerprint density at radius 2 is 1.77 bits per heavy atom. The standard InChI is InChI=1S/C18H19NO3/c1-12-6-4-5-7-15(12)13-8-9-16(18(22)19(2)3)14(10-13)11-17(20)21/h4-10H,11H2,1-3H3,(H,20,21). The Kier molecular flexibility index (Phi) is 4.61. The Bertz CT molecular complexity index is 720. The van der Waals surface area contributed by atoms with Gasteiger partial charge in [-0.2, -0.15) is 0 Å². The van der Waals surface area contributed by atoms with Crippen molar-refractivity contribution in [3.8, 4) is 11.1 Å². The Morgan fingerprint density at radius 3 is 2.36 bits per heavy atom. The molecule has 0 fully saturated rings. The molecule has 22 heavy (non-hydrogen) atoms. The first-order valence-electron chi connectivity index (χ1n) is 7.02. The van der Waals surface area contributed by atoms with Crippen molar-refractivity contribution in [3.05, 3.63) is 59.2 Å². The summed E-state index contributed by atoms with van der Waals surface area (Å²) in [5.41, 5.74) is 4.04. The summed E-state index contributed by atoms with van der Waals surface area (Å²) < 4.78 is 0. The van der Waals surface area contributed by atoms with Gasteiger partial charge in [0.05, 0.1) is 6.42 Å². The lowest BCUT2D eigenvalue weighted by Gasteiger charge is -2.15. The highest BCUT2D eigenvalue weighted by atomic mass is 16.4. The molecule has 4 heteroatoms. The quantitative estimate of drug-likeness (QED) is 0.944. The van der Waals surface area contributed by atoms with E-state index in [9.17, 15) is 9.59 Å². The van der Waals surface area contributed by atoms with Crippen LogP contribution in [0.2, 0.25) is 0 Å². The van der Waals surface area contributed by atoms with Crippen molar-refractivity contribution in [1.82, 2.24) is 4.90 Å². The number of carboxylic acids is 1. The number of hydrogen-bond acceptors (Lipinski definition) is 2. The second-order valence-corrected chi connectivity index (χ2v) is 5.46. The Labute approximate surface area is 130 Å². The molecule has 2 rings (SSSR count). The van der Waals surface area contributed by atoms with Gasteiger partial charge in [0.15, 0.2) is 0 Å². The zero-order valence-corrected chi connectivity index (χ0v) is 13.0. The van der Waals surface area contributed by atoms with Gasteiger partial charge in [-0.05, 0) is 41.3 Å². The molecular weight excluding hydrogens is 278 g/mol. The van der Waals surface area contributed by atoms with Crippen LogP contribution in [0.25, 0.3) is 11.1 Å². The molecular formula is C18H19NO3. The zero-order chi connectivity index (χ0) is 16.3. The predicted octanol–water partition coefficient (Wildman–Crippen LogP) is 2.99. The average Bonchev–Trinajstić information content (AvgIpc) is 2.46. The molecule has 1 amide bonds. The van der Waals surface area contributed by atoms with E-state index in [-0.39, 0.29) is 12.3 Å². The van der Waals surface area contributed by atoms with E-state index >= 15 is 0 Å². The highest BCUT2D eigenvalue weighted by Crippen LogP contribution is 2.26. The molecule has 0 aliphatic carbocycles. The van der Waals surface area contributed by atoms with Crippen LogP contribution in [0, 0.1) is 6.92 Å². The van der Waals surface area contributed by atoms with Crippen LogP contribution in [0.15, 0.2) is 42.5 Å². The molecule has 0 atom stereocenters. The number of carbonyl (C=O) groups excluding carboxylic acids is 1. The van der Waals surface area contributed by atoms with Crippen molar-refractivity contribution in [2.75, 3.05) is 14.1 Å². The first kappa shape index (κ1) is 15.8. The van der Waals surface area contributed by atoms with E-state index in [1.807, 2.05) is 37.3 Å². The molecule has 0 aromatic heterocycles. The fraction of sp³-hybridized carbons (Fsp3) is 0.222. The van der Waals surface area contributed by atoms with Crippen LogP contribution in [0.5, 0.6) is 0 Å². The Morgan fingerprint density at radius 1 is 1.09 bits per heavy atom. The van der Waals surface area contributed by atoms with E-state index in [1.54, 1.807) is 26.2 Å². The molecule has 4 nitrogen and oxygen atoms in total. The largest absolute Gasteiger partial charge is 0.481 e. The van der Waals surface area contributed by atoms with E-state index < -0.39 is 5.97 Å². The number of amides is 1. The number of hydrogen-bond donors (Lipinski definition) is 1. The summed E-state index contributed by atoms with van der Waals surface area (Å²) in [4.78, 5) is 24.8. The summed E-state index contributed by atoms with van der Waals surface area (Å²) >= 11 is 0. The minimum Gasteiger partial charge on any atom is -0.481 e. The fourth-order valence-corrected chi connectivity index (χ4v) is 2.42. The molecule has 1 N–H and O–H groups in total. The summed E-state index contributed by atoms with van der Waals surface area (Å²) in [7, 11) is 3.31. The van der Waals surface area contributed by atoms with E-state index in [0.717, 1.165) is 16.7 Å². The molecule has 2 aromatic carbocycles. The second-order valence-electron chi connectivity index (χ2n) is 5.46. The molecule has 0 bridgehead atoms. The second kappa shape index (κ2) is 6.43. The van der Waals surface area contributed by atoms with Crippen LogP contribution in [0.3, 0.4) is 0 Å². The lowest BCUT2D eigenvalue weighted by atomic mass is 9.94. The zero-order valence-electron chi connectivity index (χ0n) is 13.0. The maximum absolute atomic E-state index is 12.2. The van der Waals surface area contributed by atoms with Gasteiger partial charge in [-0.1, -0.05) is 30.3 Å².